The van der Waals surface area contributed by atoms with E-state index in [-0.39, 0.29) is 11.8 Å². The maximum atomic E-state index is 12.0. The molecular formula is C15H21N3O. The van der Waals surface area contributed by atoms with Crippen LogP contribution in [0.25, 0.3) is 11.0 Å². The van der Waals surface area contributed by atoms with Crippen LogP contribution >= 0.6 is 0 Å². The van der Waals surface area contributed by atoms with Crippen LogP contribution in [0.5, 0.6) is 0 Å². The number of carbonyl (C=O) groups is 1. The molecule has 0 bridgehead atoms. The van der Waals surface area contributed by atoms with Gasteiger partial charge in [-0.2, -0.15) is 0 Å². The van der Waals surface area contributed by atoms with Crippen molar-refractivity contribution in [3.8, 4) is 0 Å². The zero-order chi connectivity index (χ0) is 13.8. The number of aromatic nitrogens is 2. The van der Waals surface area contributed by atoms with E-state index in [1.807, 2.05) is 49.7 Å². The van der Waals surface area contributed by atoms with E-state index in [1.54, 1.807) is 0 Å². The van der Waals surface area contributed by atoms with Gasteiger partial charge in [-0.15, -0.1) is 0 Å². The van der Waals surface area contributed by atoms with Crippen molar-refractivity contribution in [2.45, 2.75) is 33.2 Å². The number of benzene rings is 1. The number of nitrogens with one attached hydrogen (secondary N) is 1. The standard InChI is InChI=1S/C15H21N3O/c1-4-11(5-2)15(19)16-10-14-17-12-8-6-7-9-13(12)18(14)3/h6-9,11H,4-5,10H2,1-3H3,(H,16,19). The summed E-state index contributed by atoms with van der Waals surface area (Å²) in [7, 11) is 1.98. The smallest absolute Gasteiger partial charge is 0.223 e. The molecule has 0 saturated carbocycles. The van der Waals surface area contributed by atoms with Crippen LogP contribution in [-0.2, 0) is 18.4 Å². The van der Waals surface area contributed by atoms with Crippen molar-refractivity contribution in [3.05, 3.63) is 30.1 Å². The third kappa shape index (κ3) is 2.78. The summed E-state index contributed by atoms with van der Waals surface area (Å²) in [6.07, 6.45) is 1.76. The van der Waals surface area contributed by atoms with Gasteiger partial charge in [0.05, 0.1) is 17.6 Å². The molecule has 0 aliphatic rings. The maximum absolute atomic E-state index is 12.0. The Morgan fingerprint density at radius 3 is 2.63 bits per heavy atom. The molecule has 1 heterocycles. The van der Waals surface area contributed by atoms with Crippen LogP contribution in [0.1, 0.15) is 32.5 Å². The van der Waals surface area contributed by atoms with Gasteiger partial charge in [0.15, 0.2) is 0 Å². The molecule has 0 atom stereocenters. The summed E-state index contributed by atoms with van der Waals surface area (Å²) in [6, 6.07) is 7.99. The number of fused-ring (bicyclic) bond motifs is 1. The number of hydrogen-bond acceptors (Lipinski definition) is 2. The van der Waals surface area contributed by atoms with Crippen molar-refractivity contribution in [1.29, 1.82) is 0 Å². The van der Waals surface area contributed by atoms with Gasteiger partial charge in [-0.1, -0.05) is 26.0 Å². The summed E-state index contributed by atoms with van der Waals surface area (Å²) in [5, 5.41) is 2.98. The van der Waals surface area contributed by atoms with Gasteiger partial charge < -0.3 is 9.88 Å². The van der Waals surface area contributed by atoms with Gasteiger partial charge >= 0.3 is 0 Å². The summed E-state index contributed by atoms with van der Waals surface area (Å²) in [4.78, 5) is 16.5. The molecule has 0 aliphatic heterocycles. The first-order valence-corrected chi connectivity index (χ1v) is 6.85. The average Bonchev–Trinajstić information content (AvgIpc) is 2.75. The maximum Gasteiger partial charge on any atom is 0.223 e. The highest BCUT2D eigenvalue weighted by molar-refractivity contribution is 5.79. The normalized spacial score (nSPS) is 11.2. The summed E-state index contributed by atoms with van der Waals surface area (Å²) in [5.74, 6) is 1.12. The Balaban J connectivity index is 2.10. The summed E-state index contributed by atoms with van der Waals surface area (Å²) < 4.78 is 2.03. The Labute approximate surface area is 113 Å². The van der Waals surface area contributed by atoms with Crippen LogP contribution in [0.3, 0.4) is 0 Å². The van der Waals surface area contributed by atoms with Crippen LogP contribution in [0.4, 0.5) is 0 Å². The van der Waals surface area contributed by atoms with E-state index in [9.17, 15) is 4.79 Å². The van der Waals surface area contributed by atoms with Crippen molar-refractivity contribution in [3.63, 3.8) is 0 Å². The van der Waals surface area contributed by atoms with Crippen molar-refractivity contribution in [1.82, 2.24) is 14.9 Å². The minimum absolute atomic E-state index is 0.106. The molecule has 2 aromatic rings. The zero-order valence-electron chi connectivity index (χ0n) is 11.8. The molecule has 1 N–H and O–H groups in total. The third-order valence-corrected chi connectivity index (χ3v) is 3.66. The van der Waals surface area contributed by atoms with Crippen LogP contribution in [0.15, 0.2) is 24.3 Å². The van der Waals surface area contributed by atoms with Crippen molar-refractivity contribution in [2.75, 3.05) is 0 Å². The monoisotopic (exact) mass is 259 g/mol. The van der Waals surface area contributed by atoms with Crippen LogP contribution in [0, 0.1) is 5.92 Å². The fourth-order valence-electron chi connectivity index (χ4n) is 2.32. The molecule has 0 saturated heterocycles. The fourth-order valence-corrected chi connectivity index (χ4v) is 2.32. The molecular weight excluding hydrogens is 238 g/mol. The second-order valence-electron chi connectivity index (χ2n) is 4.81. The molecule has 0 radical (unpaired) electrons. The molecule has 0 aliphatic carbocycles. The van der Waals surface area contributed by atoms with Gasteiger partial charge in [0.1, 0.15) is 5.82 Å². The van der Waals surface area contributed by atoms with Gasteiger partial charge in [0.25, 0.3) is 0 Å². The molecule has 1 aromatic heterocycles. The van der Waals surface area contributed by atoms with Crippen LogP contribution < -0.4 is 5.32 Å². The highest BCUT2D eigenvalue weighted by Gasteiger charge is 2.15. The van der Waals surface area contributed by atoms with Gasteiger partial charge in [-0.25, -0.2) is 4.98 Å². The Kier molecular flexibility index (Phi) is 4.20. The minimum Gasteiger partial charge on any atom is -0.349 e. The molecule has 4 heteroatoms. The van der Waals surface area contributed by atoms with Gasteiger partial charge in [0, 0.05) is 13.0 Å². The second kappa shape index (κ2) is 5.87. The molecule has 102 valence electrons. The van der Waals surface area contributed by atoms with Gasteiger partial charge in [-0.05, 0) is 25.0 Å². The number of nitrogens with zero attached hydrogens (tertiary/aromatic N) is 2. The largest absolute Gasteiger partial charge is 0.349 e. The van der Waals surface area contributed by atoms with Crippen LogP contribution in [0.2, 0.25) is 0 Å². The van der Waals surface area contributed by atoms with E-state index in [0.29, 0.717) is 6.54 Å². The molecule has 19 heavy (non-hydrogen) atoms. The van der Waals surface area contributed by atoms with E-state index in [1.165, 1.54) is 0 Å². The fraction of sp³-hybridized carbons (Fsp3) is 0.467. The SMILES string of the molecule is CCC(CC)C(=O)NCc1nc2ccccc2n1C. The van der Waals surface area contributed by atoms with Crippen molar-refractivity contribution < 1.29 is 4.79 Å². The van der Waals surface area contributed by atoms with E-state index in [0.717, 1.165) is 29.7 Å². The second-order valence-corrected chi connectivity index (χ2v) is 4.81. The average molecular weight is 259 g/mol. The quantitative estimate of drug-likeness (QED) is 0.897. The predicted molar refractivity (Wildman–Crippen MR) is 76.6 cm³/mol. The number of amides is 1. The molecule has 0 fully saturated rings. The van der Waals surface area contributed by atoms with Gasteiger partial charge in [-0.3, -0.25) is 4.79 Å². The Bertz CT molecular complexity index is 570. The zero-order valence-corrected chi connectivity index (χ0v) is 11.8. The molecule has 1 amide bonds. The summed E-state index contributed by atoms with van der Waals surface area (Å²) in [6.45, 7) is 4.58. The summed E-state index contributed by atoms with van der Waals surface area (Å²) >= 11 is 0. The highest BCUT2D eigenvalue weighted by Crippen LogP contribution is 2.14. The lowest BCUT2D eigenvalue weighted by molar-refractivity contribution is -0.125. The lowest BCUT2D eigenvalue weighted by Crippen LogP contribution is -2.30. The van der Waals surface area contributed by atoms with Crippen LogP contribution in [-0.4, -0.2) is 15.5 Å². The van der Waals surface area contributed by atoms with E-state index in [4.69, 9.17) is 0 Å². The Morgan fingerprint density at radius 2 is 2.00 bits per heavy atom. The number of rotatable bonds is 5. The number of hydrogen-bond donors (Lipinski definition) is 1. The number of carbonyl (C=O) groups excluding carboxylic acids is 1. The topological polar surface area (TPSA) is 46.9 Å². The highest BCUT2D eigenvalue weighted by atomic mass is 16.1. The van der Waals surface area contributed by atoms with E-state index in [2.05, 4.69) is 10.3 Å². The molecule has 2 rings (SSSR count). The summed E-state index contributed by atoms with van der Waals surface area (Å²) in [5.41, 5.74) is 2.06. The number of aryl methyl sites for hydroxylation is 1. The minimum atomic E-state index is 0.106. The van der Waals surface area contributed by atoms with Crippen molar-refractivity contribution >= 4 is 16.9 Å². The van der Waals surface area contributed by atoms with Gasteiger partial charge in [0.2, 0.25) is 5.91 Å². The third-order valence-electron chi connectivity index (χ3n) is 3.66. The number of imidazole rings is 1. The molecule has 0 spiro atoms. The lowest BCUT2D eigenvalue weighted by atomic mass is 10.0. The number of para-hydroxylation sites is 2. The molecule has 1 aromatic carbocycles. The molecule has 0 unspecified atom stereocenters. The first-order chi connectivity index (χ1) is 9.17. The van der Waals surface area contributed by atoms with E-state index < -0.39 is 0 Å². The first-order valence-electron chi connectivity index (χ1n) is 6.85. The van der Waals surface area contributed by atoms with E-state index >= 15 is 0 Å². The van der Waals surface area contributed by atoms with Crippen molar-refractivity contribution in [2.24, 2.45) is 13.0 Å². The first kappa shape index (κ1) is 13.6. The Hall–Kier alpha value is -1.84. The lowest BCUT2D eigenvalue weighted by Gasteiger charge is -2.12. The predicted octanol–water partition coefficient (Wildman–Crippen LogP) is 2.63. The Morgan fingerprint density at radius 1 is 1.32 bits per heavy atom. The molecule has 4 nitrogen and oxygen atoms in total.